The Kier molecular flexibility index (Phi) is 10.6. The van der Waals surface area contributed by atoms with Crippen molar-refractivity contribution < 1.29 is 22.7 Å². The minimum absolute atomic E-state index is 0.0842. The largest absolute Gasteiger partial charge is 0.497 e. The van der Waals surface area contributed by atoms with E-state index in [9.17, 15) is 18.0 Å². The van der Waals surface area contributed by atoms with Gasteiger partial charge in [-0.3, -0.25) is 13.9 Å². The van der Waals surface area contributed by atoms with Crippen molar-refractivity contribution in [3.63, 3.8) is 0 Å². The Bertz CT molecular complexity index is 1420. The first-order chi connectivity index (χ1) is 20.2. The molecule has 0 aliphatic heterocycles. The van der Waals surface area contributed by atoms with Crippen molar-refractivity contribution in [2.75, 3.05) is 18.0 Å². The summed E-state index contributed by atoms with van der Waals surface area (Å²) in [6, 6.07) is 21.8. The molecule has 0 bridgehead atoms. The first-order valence-electron chi connectivity index (χ1n) is 14.6. The molecule has 4 rings (SSSR count). The highest BCUT2D eigenvalue weighted by molar-refractivity contribution is 7.92. The van der Waals surface area contributed by atoms with Crippen LogP contribution in [0, 0.1) is 6.92 Å². The second-order valence-corrected chi connectivity index (χ2v) is 12.7. The Labute approximate surface area is 249 Å². The maximum atomic E-state index is 14.2. The first-order valence-corrected chi connectivity index (χ1v) is 16.0. The Morgan fingerprint density at radius 1 is 0.929 bits per heavy atom. The number of hydrogen-bond acceptors (Lipinski definition) is 5. The minimum Gasteiger partial charge on any atom is -0.497 e. The summed E-state index contributed by atoms with van der Waals surface area (Å²) < 4.78 is 34.3. The van der Waals surface area contributed by atoms with E-state index in [-0.39, 0.29) is 23.4 Å². The molecule has 0 aromatic heterocycles. The Hall–Kier alpha value is -3.85. The zero-order valence-corrected chi connectivity index (χ0v) is 25.5. The quantitative estimate of drug-likeness (QED) is 0.302. The SMILES string of the molecule is CC[C@H](C(=O)NC1CCCCC1)N(Cc1ccc(OC)cc1)C(=O)CN(c1ccccc1)S(=O)(=O)c1ccc(C)cc1. The molecule has 0 radical (unpaired) electrons. The molecule has 1 atom stereocenters. The van der Waals surface area contributed by atoms with Gasteiger partial charge in [-0.25, -0.2) is 8.42 Å². The number of rotatable bonds is 12. The molecule has 224 valence electrons. The van der Waals surface area contributed by atoms with Gasteiger partial charge in [-0.05, 0) is 68.1 Å². The van der Waals surface area contributed by atoms with E-state index in [0.717, 1.165) is 47.5 Å². The molecule has 0 unspecified atom stereocenters. The molecule has 1 saturated carbocycles. The van der Waals surface area contributed by atoms with Crippen LogP contribution < -0.4 is 14.4 Å². The number of hydrogen-bond donors (Lipinski definition) is 1. The zero-order chi connectivity index (χ0) is 30.1. The maximum Gasteiger partial charge on any atom is 0.264 e. The predicted molar refractivity (Wildman–Crippen MR) is 165 cm³/mol. The van der Waals surface area contributed by atoms with Gasteiger partial charge in [0.25, 0.3) is 10.0 Å². The number of sulfonamides is 1. The predicted octanol–water partition coefficient (Wildman–Crippen LogP) is 5.46. The van der Waals surface area contributed by atoms with Gasteiger partial charge in [-0.2, -0.15) is 0 Å². The number of nitrogens with one attached hydrogen (secondary N) is 1. The molecule has 8 nitrogen and oxygen atoms in total. The van der Waals surface area contributed by atoms with Crippen molar-refractivity contribution in [1.82, 2.24) is 10.2 Å². The third kappa shape index (κ3) is 7.70. The lowest BCUT2D eigenvalue weighted by atomic mass is 9.95. The van der Waals surface area contributed by atoms with Crippen LogP contribution in [-0.2, 0) is 26.2 Å². The highest BCUT2D eigenvalue weighted by Crippen LogP contribution is 2.25. The highest BCUT2D eigenvalue weighted by atomic mass is 32.2. The molecule has 3 aromatic carbocycles. The van der Waals surface area contributed by atoms with Crippen molar-refractivity contribution >= 4 is 27.5 Å². The lowest BCUT2D eigenvalue weighted by Gasteiger charge is -2.34. The van der Waals surface area contributed by atoms with Gasteiger partial charge < -0.3 is 15.0 Å². The van der Waals surface area contributed by atoms with Crippen LogP contribution in [0.4, 0.5) is 5.69 Å². The number of nitrogens with zero attached hydrogens (tertiary/aromatic N) is 2. The molecule has 1 aliphatic carbocycles. The summed E-state index contributed by atoms with van der Waals surface area (Å²) in [5, 5.41) is 3.17. The Morgan fingerprint density at radius 3 is 2.17 bits per heavy atom. The fraction of sp³-hybridized carbons (Fsp3) is 0.394. The molecule has 9 heteroatoms. The van der Waals surface area contributed by atoms with Gasteiger partial charge in [-0.15, -0.1) is 0 Å². The fourth-order valence-electron chi connectivity index (χ4n) is 5.35. The van der Waals surface area contributed by atoms with Crippen molar-refractivity contribution in [1.29, 1.82) is 0 Å². The van der Waals surface area contributed by atoms with Gasteiger partial charge in [0.15, 0.2) is 0 Å². The molecule has 0 heterocycles. The summed E-state index contributed by atoms with van der Waals surface area (Å²) in [5.74, 6) is 0.00747. The molecule has 0 saturated heterocycles. The van der Waals surface area contributed by atoms with Gasteiger partial charge in [-0.1, -0.05) is 74.2 Å². The van der Waals surface area contributed by atoms with E-state index in [1.165, 1.54) is 4.90 Å². The summed E-state index contributed by atoms with van der Waals surface area (Å²) in [5.41, 5.74) is 2.10. The highest BCUT2D eigenvalue weighted by Gasteiger charge is 2.34. The van der Waals surface area contributed by atoms with Crippen LogP contribution in [0.15, 0.2) is 83.8 Å². The topological polar surface area (TPSA) is 96.0 Å². The van der Waals surface area contributed by atoms with Gasteiger partial charge in [0.05, 0.1) is 17.7 Å². The normalized spacial score (nSPS) is 14.5. The van der Waals surface area contributed by atoms with Gasteiger partial charge in [0.1, 0.15) is 18.3 Å². The van der Waals surface area contributed by atoms with E-state index in [1.54, 1.807) is 73.8 Å². The third-order valence-corrected chi connectivity index (χ3v) is 9.57. The average molecular weight is 592 g/mol. The van der Waals surface area contributed by atoms with Crippen LogP contribution in [0.25, 0.3) is 0 Å². The molecule has 3 aromatic rings. The van der Waals surface area contributed by atoms with Crippen molar-refractivity contribution in [3.05, 3.63) is 90.0 Å². The first kappa shape index (κ1) is 31.1. The van der Waals surface area contributed by atoms with Gasteiger partial charge >= 0.3 is 0 Å². The van der Waals surface area contributed by atoms with E-state index < -0.39 is 28.5 Å². The van der Waals surface area contributed by atoms with Crippen LogP contribution in [0.5, 0.6) is 5.75 Å². The number of aryl methyl sites for hydroxylation is 1. The molecule has 1 aliphatic rings. The Morgan fingerprint density at radius 2 is 1.57 bits per heavy atom. The fourth-order valence-corrected chi connectivity index (χ4v) is 6.77. The van der Waals surface area contributed by atoms with Crippen LogP contribution in [0.3, 0.4) is 0 Å². The van der Waals surface area contributed by atoms with E-state index in [4.69, 9.17) is 4.74 Å². The number of anilines is 1. The number of methoxy groups -OCH3 is 1. The lowest BCUT2D eigenvalue weighted by molar-refractivity contribution is -0.140. The third-order valence-electron chi connectivity index (χ3n) is 7.78. The molecule has 1 N–H and O–H groups in total. The molecule has 2 amide bonds. The van der Waals surface area contributed by atoms with Crippen LogP contribution >= 0.6 is 0 Å². The van der Waals surface area contributed by atoms with E-state index in [0.29, 0.717) is 17.9 Å². The zero-order valence-electron chi connectivity index (χ0n) is 24.7. The summed E-state index contributed by atoms with van der Waals surface area (Å²) in [6.07, 6.45) is 5.53. The number of ether oxygens (including phenoxy) is 1. The maximum absolute atomic E-state index is 14.2. The molecular weight excluding hydrogens is 550 g/mol. The van der Waals surface area contributed by atoms with Crippen molar-refractivity contribution in [3.8, 4) is 5.75 Å². The number of carbonyl (C=O) groups excluding carboxylic acids is 2. The van der Waals surface area contributed by atoms with E-state index >= 15 is 0 Å². The summed E-state index contributed by atoms with van der Waals surface area (Å²) in [6.45, 7) is 3.45. The summed E-state index contributed by atoms with van der Waals surface area (Å²) in [4.78, 5) is 29.4. The van der Waals surface area contributed by atoms with Gasteiger partial charge in [0.2, 0.25) is 11.8 Å². The van der Waals surface area contributed by atoms with Crippen LogP contribution in [0.1, 0.15) is 56.6 Å². The number of benzene rings is 3. The van der Waals surface area contributed by atoms with Crippen LogP contribution in [0.2, 0.25) is 0 Å². The second kappa shape index (κ2) is 14.4. The summed E-state index contributed by atoms with van der Waals surface area (Å²) in [7, 11) is -2.50. The minimum atomic E-state index is -4.09. The second-order valence-electron chi connectivity index (χ2n) is 10.8. The van der Waals surface area contributed by atoms with E-state index in [2.05, 4.69) is 5.32 Å². The number of amides is 2. The molecule has 0 spiro atoms. The standard InChI is InChI=1S/C33H41N3O5S/c1-4-31(33(38)34-27-11-7-5-8-12-27)35(23-26-17-19-29(41-3)20-18-26)32(37)24-36(28-13-9-6-10-14-28)42(39,40)30-21-15-25(2)16-22-30/h6,9-10,13-22,27,31H,4-5,7-8,11-12,23-24H2,1-3H3,(H,34,38)/t31-/m1/s1. The van der Waals surface area contributed by atoms with E-state index in [1.807, 2.05) is 26.0 Å². The lowest BCUT2D eigenvalue weighted by Crippen LogP contribution is -2.54. The number of carbonyl (C=O) groups is 2. The average Bonchev–Trinajstić information content (AvgIpc) is 3.01. The Balaban J connectivity index is 1.68. The van der Waals surface area contributed by atoms with Crippen molar-refractivity contribution in [2.24, 2.45) is 0 Å². The summed E-state index contributed by atoms with van der Waals surface area (Å²) >= 11 is 0. The van der Waals surface area contributed by atoms with Crippen molar-refractivity contribution in [2.45, 2.75) is 75.9 Å². The number of para-hydroxylation sites is 1. The van der Waals surface area contributed by atoms with Gasteiger partial charge in [0, 0.05) is 12.6 Å². The van der Waals surface area contributed by atoms with Crippen LogP contribution in [-0.4, -0.2) is 50.9 Å². The monoisotopic (exact) mass is 591 g/mol. The smallest absolute Gasteiger partial charge is 0.264 e. The molecular formula is C33H41N3O5S. The molecule has 1 fully saturated rings. The molecule has 42 heavy (non-hydrogen) atoms.